The molecule has 0 saturated heterocycles. The number of carbonyl (C=O) groups excluding carboxylic acids is 1. The predicted octanol–water partition coefficient (Wildman–Crippen LogP) is 3.19. The molecule has 1 aliphatic carbocycles. The lowest BCUT2D eigenvalue weighted by Crippen LogP contribution is -2.24. The molecule has 0 atom stereocenters. The van der Waals surface area contributed by atoms with Gasteiger partial charge in [0, 0.05) is 25.3 Å². The van der Waals surface area contributed by atoms with Crippen molar-refractivity contribution in [2.24, 2.45) is 10.7 Å². The van der Waals surface area contributed by atoms with Crippen molar-refractivity contribution in [3.63, 3.8) is 0 Å². The molecule has 0 aromatic heterocycles. The molecule has 0 fully saturated rings. The van der Waals surface area contributed by atoms with Crippen LogP contribution in [-0.4, -0.2) is 30.9 Å². The molecule has 2 aromatic carbocycles. The van der Waals surface area contributed by atoms with E-state index in [0.29, 0.717) is 18.1 Å². The van der Waals surface area contributed by atoms with Crippen LogP contribution < -0.4 is 11.1 Å². The number of fused-ring (bicyclic) bond motifs is 1. The third-order valence-electron chi connectivity index (χ3n) is 4.70. The first-order valence-electron chi connectivity index (χ1n) is 9.03. The predicted molar refractivity (Wildman–Crippen MR) is 106 cm³/mol. The summed E-state index contributed by atoms with van der Waals surface area (Å²) in [4.78, 5) is 17.9. The fourth-order valence-electron chi connectivity index (χ4n) is 3.26. The van der Waals surface area contributed by atoms with Gasteiger partial charge in [0.15, 0.2) is 5.96 Å². The second kappa shape index (κ2) is 8.04. The van der Waals surface area contributed by atoms with Gasteiger partial charge in [-0.15, -0.1) is 0 Å². The van der Waals surface area contributed by atoms with E-state index in [1.54, 1.807) is 19.0 Å². The van der Waals surface area contributed by atoms with Crippen LogP contribution in [0.2, 0.25) is 0 Å². The lowest BCUT2D eigenvalue weighted by Gasteiger charge is -2.19. The van der Waals surface area contributed by atoms with Crippen LogP contribution in [0.4, 0.5) is 5.69 Å². The van der Waals surface area contributed by atoms with E-state index in [4.69, 9.17) is 5.73 Å². The molecule has 136 valence electrons. The van der Waals surface area contributed by atoms with Gasteiger partial charge >= 0.3 is 0 Å². The number of guanidine groups is 1. The number of nitrogens with two attached hydrogens (primary N) is 1. The number of rotatable bonds is 4. The first-order valence-corrected chi connectivity index (χ1v) is 9.03. The second-order valence-electron chi connectivity index (χ2n) is 6.87. The zero-order chi connectivity index (χ0) is 18.5. The van der Waals surface area contributed by atoms with Crippen LogP contribution in [0.25, 0.3) is 0 Å². The molecule has 5 heteroatoms. The van der Waals surface area contributed by atoms with Crippen molar-refractivity contribution in [3.05, 3.63) is 64.7 Å². The van der Waals surface area contributed by atoms with Crippen LogP contribution in [0.15, 0.2) is 47.5 Å². The van der Waals surface area contributed by atoms with Crippen molar-refractivity contribution >= 4 is 17.6 Å². The fraction of sp³-hybridized carbons (Fsp3) is 0.333. The molecule has 0 radical (unpaired) electrons. The summed E-state index contributed by atoms with van der Waals surface area (Å²) in [6.45, 7) is 0.476. The van der Waals surface area contributed by atoms with Gasteiger partial charge in [0.1, 0.15) is 0 Å². The normalized spacial score (nSPS) is 13.8. The third kappa shape index (κ3) is 4.23. The van der Waals surface area contributed by atoms with Crippen molar-refractivity contribution < 1.29 is 4.79 Å². The maximum absolute atomic E-state index is 11.9. The Balaban J connectivity index is 1.65. The minimum Gasteiger partial charge on any atom is -0.370 e. The van der Waals surface area contributed by atoms with Crippen molar-refractivity contribution in [3.8, 4) is 0 Å². The van der Waals surface area contributed by atoms with Crippen LogP contribution in [0.3, 0.4) is 0 Å². The van der Waals surface area contributed by atoms with Gasteiger partial charge in [-0.1, -0.05) is 24.3 Å². The number of anilines is 1. The molecule has 3 rings (SSSR count). The minimum atomic E-state index is -0.00455. The Morgan fingerprint density at radius 3 is 2.58 bits per heavy atom. The number of carbonyl (C=O) groups is 1. The highest BCUT2D eigenvalue weighted by Gasteiger charge is 2.13. The van der Waals surface area contributed by atoms with Crippen LogP contribution in [0, 0.1) is 0 Å². The van der Waals surface area contributed by atoms with Crippen molar-refractivity contribution in [2.75, 3.05) is 19.4 Å². The lowest BCUT2D eigenvalue weighted by molar-refractivity contribution is 0.0827. The number of aliphatic imine (C=N–C) groups is 1. The van der Waals surface area contributed by atoms with E-state index in [2.05, 4.69) is 28.5 Å². The van der Waals surface area contributed by atoms with Crippen LogP contribution >= 0.6 is 0 Å². The van der Waals surface area contributed by atoms with E-state index in [-0.39, 0.29) is 5.91 Å². The zero-order valence-electron chi connectivity index (χ0n) is 15.5. The molecule has 0 aliphatic heterocycles. The number of amides is 1. The van der Waals surface area contributed by atoms with Gasteiger partial charge in [0.25, 0.3) is 5.91 Å². The minimum absolute atomic E-state index is 0.00455. The number of hydrogen-bond donors (Lipinski definition) is 2. The van der Waals surface area contributed by atoms with Crippen molar-refractivity contribution in [1.29, 1.82) is 0 Å². The zero-order valence-corrected chi connectivity index (χ0v) is 15.5. The smallest absolute Gasteiger partial charge is 0.253 e. The molecular formula is C21H26N4O. The maximum atomic E-state index is 11.9. The van der Waals surface area contributed by atoms with Gasteiger partial charge in [0.2, 0.25) is 0 Å². The highest BCUT2D eigenvalue weighted by molar-refractivity contribution is 5.94. The van der Waals surface area contributed by atoms with Crippen LogP contribution in [-0.2, 0) is 19.4 Å². The SMILES string of the molecule is CN(C)C(=O)c1ccc(CN=C(N)Nc2cccc3c2CCCC3)cc1. The van der Waals surface area contributed by atoms with E-state index in [1.165, 1.54) is 24.0 Å². The Kier molecular flexibility index (Phi) is 5.56. The van der Waals surface area contributed by atoms with Crippen molar-refractivity contribution in [2.45, 2.75) is 32.2 Å². The van der Waals surface area contributed by atoms with Gasteiger partial charge in [-0.05, 0) is 60.6 Å². The Hall–Kier alpha value is -2.82. The average Bonchev–Trinajstić information content (AvgIpc) is 2.66. The monoisotopic (exact) mass is 350 g/mol. The van der Waals surface area contributed by atoms with Gasteiger partial charge in [-0.25, -0.2) is 4.99 Å². The number of nitrogens with zero attached hydrogens (tertiary/aromatic N) is 2. The largest absolute Gasteiger partial charge is 0.370 e. The van der Waals surface area contributed by atoms with Gasteiger partial charge in [-0.3, -0.25) is 4.79 Å². The Morgan fingerprint density at radius 2 is 1.85 bits per heavy atom. The van der Waals surface area contributed by atoms with Crippen LogP contribution in [0.5, 0.6) is 0 Å². The topological polar surface area (TPSA) is 70.7 Å². The summed E-state index contributed by atoms with van der Waals surface area (Å²) < 4.78 is 0. The summed E-state index contributed by atoms with van der Waals surface area (Å²) in [7, 11) is 3.49. The van der Waals surface area contributed by atoms with Crippen molar-refractivity contribution in [1.82, 2.24) is 4.90 Å². The Morgan fingerprint density at radius 1 is 1.12 bits per heavy atom. The summed E-state index contributed by atoms with van der Waals surface area (Å²) in [5, 5.41) is 3.25. The first kappa shape index (κ1) is 18.0. The summed E-state index contributed by atoms with van der Waals surface area (Å²) >= 11 is 0. The third-order valence-corrected chi connectivity index (χ3v) is 4.70. The van der Waals surface area contributed by atoms with E-state index in [0.717, 1.165) is 24.1 Å². The molecule has 26 heavy (non-hydrogen) atoms. The standard InChI is InChI=1S/C21H26N4O/c1-25(2)20(26)17-12-10-15(11-13-17)14-23-21(22)24-19-9-5-7-16-6-3-4-8-18(16)19/h5,7,9-13H,3-4,6,8,14H2,1-2H3,(H3,22,23,24). The molecule has 1 amide bonds. The Labute approximate surface area is 154 Å². The molecule has 1 aliphatic rings. The quantitative estimate of drug-likeness (QED) is 0.657. The molecule has 0 heterocycles. The summed E-state index contributed by atoms with van der Waals surface area (Å²) in [6.07, 6.45) is 4.71. The molecule has 3 N–H and O–H groups in total. The van der Waals surface area contributed by atoms with E-state index in [1.807, 2.05) is 24.3 Å². The Bertz CT molecular complexity index is 809. The molecule has 0 unspecified atom stereocenters. The average molecular weight is 350 g/mol. The first-order chi connectivity index (χ1) is 12.5. The second-order valence-corrected chi connectivity index (χ2v) is 6.87. The molecule has 0 saturated carbocycles. The molecular weight excluding hydrogens is 324 g/mol. The molecule has 0 spiro atoms. The number of aryl methyl sites for hydroxylation is 1. The summed E-state index contributed by atoms with van der Waals surface area (Å²) in [6, 6.07) is 13.8. The molecule has 2 aromatic rings. The van der Waals surface area contributed by atoms with E-state index in [9.17, 15) is 4.79 Å². The molecule has 5 nitrogen and oxygen atoms in total. The highest BCUT2D eigenvalue weighted by Crippen LogP contribution is 2.27. The summed E-state index contributed by atoms with van der Waals surface area (Å²) in [5.74, 6) is 0.410. The van der Waals surface area contributed by atoms with Gasteiger partial charge < -0.3 is 16.0 Å². The number of nitrogens with one attached hydrogen (secondary N) is 1. The van der Waals surface area contributed by atoms with Crippen LogP contribution in [0.1, 0.15) is 39.9 Å². The molecule has 0 bridgehead atoms. The number of benzene rings is 2. The van der Waals surface area contributed by atoms with E-state index < -0.39 is 0 Å². The van der Waals surface area contributed by atoms with Gasteiger partial charge in [0.05, 0.1) is 6.54 Å². The summed E-state index contributed by atoms with van der Waals surface area (Å²) in [5.41, 5.74) is 11.6. The fourth-order valence-corrected chi connectivity index (χ4v) is 3.26. The van der Waals surface area contributed by atoms with E-state index >= 15 is 0 Å². The lowest BCUT2D eigenvalue weighted by atomic mass is 9.90. The van der Waals surface area contributed by atoms with Gasteiger partial charge in [-0.2, -0.15) is 0 Å². The maximum Gasteiger partial charge on any atom is 0.253 e. The number of hydrogen-bond acceptors (Lipinski definition) is 2. The highest BCUT2D eigenvalue weighted by atomic mass is 16.2.